The van der Waals surface area contributed by atoms with E-state index in [0.717, 1.165) is 5.56 Å². The maximum absolute atomic E-state index is 13.5. The van der Waals surface area contributed by atoms with Gasteiger partial charge in [-0.05, 0) is 24.6 Å². The zero-order valence-corrected chi connectivity index (χ0v) is 17.2. The molecule has 0 saturated carbocycles. The number of aryl methyl sites for hydroxylation is 1. The number of rotatable bonds is 5. The van der Waals surface area contributed by atoms with Crippen LogP contribution in [-0.2, 0) is 28.9 Å². The van der Waals surface area contributed by atoms with Gasteiger partial charge in [0.1, 0.15) is 11.3 Å². The van der Waals surface area contributed by atoms with E-state index in [9.17, 15) is 18.0 Å². The number of hydrogen-bond acceptors (Lipinski definition) is 7. The molecule has 3 rings (SSSR count). The van der Waals surface area contributed by atoms with Crippen LogP contribution in [0.3, 0.4) is 0 Å². The van der Waals surface area contributed by atoms with Crippen LogP contribution in [0, 0.1) is 12.8 Å². The van der Waals surface area contributed by atoms with Crippen molar-refractivity contribution in [2.75, 3.05) is 14.2 Å². The number of carbonyl (C=O) groups excluding carboxylic acids is 2. The van der Waals surface area contributed by atoms with Crippen LogP contribution in [0.2, 0.25) is 0 Å². The Kier molecular flexibility index (Phi) is 6.04. The van der Waals surface area contributed by atoms with Crippen molar-refractivity contribution in [3.05, 3.63) is 65.7 Å². The van der Waals surface area contributed by atoms with E-state index in [1.54, 1.807) is 30.3 Å². The third-order valence-electron chi connectivity index (χ3n) is 5.20. The van der Waals surface area contributed by atoms with E-state index in [2.05, 4.69) is 5.32 Å². The Morgan fingerprint density at radius 1 is 0.897 bits per heavy atom. The molecule has 2 aromatic carbocycles. The number of carbonyl (C=O) groups is 2. The third-order valence-corrected chi connectivity index (χ3v) is 7.41. The highest BCUT2D eigenvalue weighted by Gasteiger charge is 2.57. The second-order valence-corrected chi connectivity index (χ2v) is 9.03. The largest absolute Gasteiger partial charge is 0.469 e. The Balaban J connectivity index is 2.16. The fraction of sp³-hybridized carbons (Fsp3) is 0.333. The number of nitrogens with one attached hydrogen (secondary N) is 1. The second-order valence-electron chi connectivity index (χ2n) is 6.93. The summed E-state index contributed by atoms with van der Waals surface area (Å²) < 4.78 is 36.7. The maximum Gasteiger partial charge on any atom is 0.324 e. The van der Waals surface area contributed by atoms with Gasteiger partial charge < -0.3 is 9.47 Å². The van der Waals surface area contributed by atoms with Crippen LogP contribution in [-0.4, -0.2) is 45.9 Å². The molecular weight excluding hydrogens is 394 g/mol. The molecule has 0 spiro atoms. The van der Waals surface area contributed by atoms with E-state index < -0.39 is 45.0 Å². The van der Waals surface area contributed by atoms with Crippen LogP contribution in [0.1, 0.15) is 17.2 Å². The van der Waals surface area contributed by atoms with Gasteiger partial charge in [0.2, 0.25) is 0 Å². The Hall–Kier alpha value is -2.71. The van der Waals surface area contributed by atoms with Gasteiger partial charge in [-0.2, -0.15) is 0 Å². The lowest BCUT2D eigenvalue weighted by molar-refractivity contribution is -0.145. The predicted molar refractivity (Wildman–Crippen MR) is 106 cm³/mol. The van der Waals surface area contributed by atoms with E-state index in [0.29, 0.717) is 5.56 Å². The zero-order valence-electron chi connectivity index (χ0n) is 16.4. The van der Waals surface area contributed by atoms with E-state index in [1.807, 2.05) is 19.1 Å². The predicted octanol–water partition coefficient (Wildman–Crippen LogP) is 1.81. The first-order valence-electron chi connectivity index (χ1n) is 9.08. The van der Waals surface area contributed by atoms with Gasteiger partial charge in [0.15, 0.2) is 9.84 Å². The average molecular weight is 417 g/mol. The van der Waals surface area contributed by atoms with Crippen molar-refractivity contribution >= 4 is 21.8 Å². The molecule has 1 aliphatic heterocycles. The van der Waals surface area contributed by atoms with Crippen molar-refractivity contribution in [2.24, 2.45) is 5.92 Å². The van der Waals surface area contributed by atoms with E-state index in [4.69, 9.17) is 9.47 Å². The summed E-state index contributed by atoms with van der Waals surface area (Å²) >= 11 is 0. The van der Waals surface area contributed by atoms with Gasteiger partial charge in [-0.15, -0.1) is 0 Å². The summed E-state index contributed by atoms with van der Waals surface area (Å²) in [6.45, 7) is 1.92. The Morgan fingerprint density at radius 3 is 2.03 bits per heavy atom. The van der Waals surface area contributed by atoms with Gasteiger partial charge in [0.05, 0.1) is 25.0 Å². The quantitative estimate of drug-likeness (QED) is 0.741. The summed E-state index contributed by atoms with van der Waals surface area (Å²) in [6.07, 6.45) is 0. The number of ether oxygens (including phenoxy) is 2. The number of methoxy groups -OCH3 is 2. The maximum atomic E-state index is 13.5. The Labute approximate surface area is 169 Å². The molecule has 0 aromatic heterocycles. The number of benzene rings is 2. The van der Waals surface area contributed by atoms with Crippen molar-refractivity contribution in [2.45, 2.75) is 29.2 Å². The van der Waals surface area contributed by atoms with Gasteiger partial charge in [0.25, 0.3) is 0 Å². The van der Waals surface area contributed by atoms with Gasteiger partial charge in [-0.1, -0.05) is 48.0 Å². The zero-order chi connectivity index (χ0) is 21.2. The molecule has 8 heteroatoms. The van der Waals surface area contributed by atoms with Crippen LogP contribution < -0.4 is 5.32 Å². The summed E-state index contributed by atoms with van der Waals surface area (Å²) in [5.41, 5.74) is 1.70. The molecule has 154 valence electrons. The lowest BCUT2D eigenvalue weighted by Gasteiger charge is -2.23. The molecule has 1 saturated heterocycles. The van der Waals surface area contributed by atoms with Crippen molar-refractivity contribution in [1.29, 1.82) is 0 Å². The highest BCUT2D eigenvalue weighted by atomic mass is 32.2. The van der Waals surface area contributed by atoms with E-state index >= 15 is 0 Å². The fourth-order valence-corrected chi connectivity index (χ4v) is 5.79. The Morgan fingerprint density at radius 2 is 1.48 bits per heavy atom. The number of esters is 2. The van der Waals surface area contributed by atoms with Crippen molar-refractivity contribution in [3.8, 4) is 0 Å². The fourth-order valence-electron chi connectivity index (χ4n) is 3.74. The standard InChI is InChI=1S/C21H23NO6S/c1-13-9-11-14(12-10-13)17-16(20(23)27-2)19(18(22-17)21(24)28-3)29(25,26)15-7-5-4-6-8-15/h4-12,16-19,22H,1-3H3/t16-,17+,18+,19-/m1/s1. The molecule has 0 bridgehead atoms. The lowest BCUT2D eigenvalue weighted by Crippen LogP contribution is -2.45. The minimum absolute atomic E-state index is 0.0270. The third kappa shape index (κ3) is 3.90. The highest BCUT2D eigenvalue weighted by Crippen LogP contribution is 2.40. The van der Waals surface area contributed by atoms with Crippen LogP contribution in [0.15, 0.2) is 59.5 Å². The number of sulfone groups is 1. The first-order chi connectivity index (χ1) is 13.8. The second kappa shape index (κ2) is 8.34. The van der Waals surface area contributed by atoms with Gasteiger partial charge in [-0.25, -0.2) is 8.42 Å². The minimum Gasteiger partial charge on any atom is -0.469 e. The van der Waals surface area contributed by atoms with Crippen molar-refractivity contribution in [3.63, 3.8) is 0 Å². The molecule has 1 fully saturated rings. The SMILES string of the molecule is COC(=O)[C@H]1[C@@H](S(=O)(=O)c2ccccc2)[C@@H](C(=O)OC)N[C@H]1c1ccc(C)cc1. The molecule has 0 amide bonds. The first kappa shape index (κ1) is 21.0. The molecule has 2 aromatic rings. The molecule has 1 heterocycles. The molecule has 0 aliphatic carbocycles. The minimum atomic E-state index is -4.06. The topological polar surface area (TPSA) is 98.8 Å². The molecule has 29 heavy (non-hydrogen) atoms. The van der Waals surface area contributed by atoms with Crippen molar-refractivity contribution in [1.82, 2.24) is 5.32 Å². The molecule has 1 N–H and O–H groups in total. The summed E-state index contributed by atoms with van der Waals surface area (Å²) in [5, 5.41) is 1.64. The molecule has 1 aliphatic rings. The summed E-state index contributed by atoms with van der Waals surface area (Å²) in [4.78, 5) is 25.2. The van der Waals surface area contributed by atoms with Crippen LogP contribution >= 0.6 is 0 Å². The molecule has 7 nitrogen and oxygen atoms in total. The molecule has 0 unspecified atom stereocenters. The first-order valence-corrected chi connectivity index (χ1v) is 10.6. The summed E-state index contributed by atoms with van der Waals surface area (Å²) in [7, 11) is -1.68. The van der Waals surface area contributed by atoms with E-state index in [1.165, 1.54) is 26.4 Å². The lowest BCUT2D eigenvalue weighted by atomic mass is 9.92. The highest BCUT2D eigenvalue weighted by molar-refractivity contribution is 7.92. The van der Waals surface area contributed by atoms with E-state index in [-0.39, 0.29) is 4.90 Å². The van der Waals surface area contributed by atoms with Gasteiger partial charge in [-0.3, -0.25) is 14.9 Å². The van der Waals surface area contributed by atoms with Crippen molar-refractivity contribution < 1.29 is 27.5 Å². The van der Waals surface area contributed by atoms with Crippen LogP contribution in [0.25, 0.3) is 0 Å². The smallest absolute Gasteiger partial charge is 0.324 e. The van der Waals surface area contributed by atoms with Gasteiger partial charge >= 0.3 is 11.9 Å². The molecule has 4 atom stereocenters. The summed E-state index contributed by atoms with van der Waals surface area (Å²) in [5.74, 6) is -2.59. The Bertz CT molecular complexity index is 988. The van der Waals surface area contributed by atoms with Crippen LogP contribution in [0.5, 0.6) is 0 Å². The number of hydrogen-bond donors (Lipinski definition) is 1. The average Bonchev–Trinajstić information content (AvgIpc) is 3.15. The normalized spacial score (nSPS) is 24.1. The summed E-state index contributed by atoms with van der Waals surface area (Å²) in [6, 6.07) is 13.1. The van der Waals surface area contributed by atoms with Crippen LogP contribution in [0.4, 0.5) is 0 Å². The molecular formula is C21H23NO6S. The monoisotopic (exact) mass is 417 g/mol. The van der Waals surface area contributed by atoms with Gasteiger partial charge in [0, 0.05) is 6.04 Å². The molecule has 0 radical (unpaired) electrons.